The van der Waals surface area contributed by atoms with Gasteiger partial charge in [0.25, 0.3) is 0 Å². The molecule has 0 aliphatic carbocycles. The van der Waals surface area contributed by atoms with Gasteiger partial charge in [0.15, 0.2) is 0 Å². The molecule has 0 saturated heterocycles. The molecule has 2 aromatic rings. The van der Waals surface area contributed by atoms with E-state index in [1.165, 1.54) is 46.5 Å². The third kappa shape index (κ3) is 3.37. The standard InChI is InChI=1S/C17H22BrN/c1-3-4-5-10-17(19-2)15-11-12-16(18)14-9-7-6-8-13(14)15/h6-9,11-12,17,19H,3-5,10H2,1-2H3. The number of benzene rings is 2. The van der Waals surface area contributed by atoms with E-state index >= 15 is 0 Å². The summed E-state index contributed by atoms with van der Waals surface area (Å²) in [5.74, 6) is 0. The summed E-state index contributed by atoms with van der Waals surface area (Å²) >= 11 is 3.65. The molecule has 0 aliphatic rings. The Morgan fingerprint density at radius 1 is 1.05 bits per heavy atom. The summed E-state index contributed by atoms with van der Waals surface area (Å²) < 4.78 is 1.18. The topological polar surface area (TPSA) is 12.0 Å². The van der Waals surface area contributed by atoms with E-state index in [-0.39, 0.29) is 0 Å². The van der Waals surface area contributed by atoms with Crippen LogP contribution in [0.25, 0.3) is 10.8 Å². The van der Waals surface area contributed by atoms with Crippen LogP contribution in [-0.2, 0) is 0 Å². The van der Waals surface area contributed by atoms with E-state index in [9.17, 15) is 0 Å². The highest BCUT2D eigenvalue weighted by molar-refractivity contribution is 9.10. The number of halogens is 1. The maximum absolute atomic E-state index is 3.65. The summed E-state index contributed by atoms with van der Waals surface area (Å²) in [6.07, 6.45) is 5.08. The minimum Gasteiger partial charge on any atom is -0.313 e. The smallest absolute Gasteiger partial charge is 0.0323 e. The number of fused-ring (bicyclic) bond motifs is 1. The first-order chi connectivity index (χ1) is 9.27. The van der Waals surface area contributed by atoms with Gasteiger partial charge in [0, 0.05) is 10.5 Å². The van der Waals surface area contributed by atoms with Crippen molar-refractivity contribution in [1.82, 2.24) is 5.32 Å². The lowest BCUT2D eigenvalue weighted by Gasteiger charge is -2.19. The van der Waals surface area contributed by atoms with Crippen molar-refractivity contribution in [2.24, 2.45) is 0 Å². The third-order valence-electron chi connectivity index (χ3n) is 3.72. The van der Waals surface area contributed by atoms with Crippen molar-refractivity contribution in [3.8, 4) is 0 Å². The first-order valence-electron chi connectivity index (χ1n) is 7.12. The van der Waals surface area contributed by atoms with Gasteiger partial charge in [0.1, 0.15) is 0 Å². The lowest BCUT2D eigenvalue weighted by Crippen LogP contribution is -2.16. The van der Waals surface area contributed by atoms with Crippen LogP contribution >= 0.6 is 15.9 Å². The molecular formula is C17H22BrN. The molecule has 1 atom stereocenters. The van der Waals surface area contributed by atoms with Crippen LogP contribution in [0.15, 0.2) is 40.9 Å². The van der Waals surface area contributed by atoms with Crippen LogP contribution < -0.4 is 5.32 Å². The molecule has 0 radical (unpaired) electrons. The lowest BCUT2D eigenvalue weighted by molar-refractivity contribution is 0.514. The van der Waals surface area contributed by atoms with Crippen LogP contribution in [0, 0.1) is 0 Å². The predicted molar refractivity (Wildman–Crippen MR) is 87.6 cm³/mol. The Kier molecular flexibility index (Phi) is 5.41. The second-order valence-electron chi connectivity index (χ2n) is 5.02. The van der Waals surface area contributed by atoms with Crippen molar-refractivity contribution < 1.29 is 0 Å². The van der Waals surface area contributed by atoms with Gasteiger partial charge in [-0.05, 0) is 35.9 Å². The van der Waals surface area contributed by atoms with Crippen LogP contribution in [0.2, 0.25) is 0 Å². The van der Waals surface area contributed by atoms with E-state index in [1.807, 2.05) is 0 Å². The Bertz CT molecular complexity index is 536. The Morgan fingerprint density at radius 3 is 2.47 bits per heavy atom. The molecule has 0 bridgehead atoms. The largest absolute Gasteiger partial charge is 0.313 e. The maximum Gasteiger partial charge on any atom is 0.0323 e. The van der Waals surface area contributed by atoms with E-state index in [1.54, 1.807) is 0 Å². The van der Waals surface area contributed by atoms with Gasteiger partial charge in [0.2, 0.25) is 0 Å². The van der Waals surface area contributed by atoms with Crippen molar-refractivity contribution in [2.75, 3.05) is 7.05 Å². The zero-order chi connectivity index (χ0) is 13.7. The summed E-state index contributed by atoms with van der Waals surface area (Å²) in [5.41, 5.74) is 1.41. The molecular weight excluding hydrogens is 298 g/mol. The third-order valence-corrected chi connectivity index (χ3v) is 4.42. The molecule has 0 saturated carbocycles. The Labute approximate surface area is 124 Å². The molecule has 2 heteroatoms. The fraction of sp³-hybridized carbons (Fsp3) is 0.412. The Morgan fingerprint density at radius 2 is 1.79 bits per heavy atom. The zero-order valence-electron chi connectivity index (χ0n) is 11.7. The molecule has 1 unspecified atom stereocenters. The van der Waals surface area contributed by atoms with Gasteiger partial charge in [0.05, 0.1) is 0 Å². The first-order valence-corrected chi connectivity index (χ1v) is 7.91. The van der Waals surface area contributed by atoms with Gasteiger partial charge in [-0.15, -0.1) is 0 Å². The summed E-state index contributed by atoms with van der Waals surface area (Å²) in [5, 5.41) is 6.13. The number of nitrogens with one attached hydrogen (secondary N) is 1. The first kappa shape index (κ1) is 14.5. The molecule has 2 aromatic carbocycles. The molecule has 2 rings (SSSR count). The van der Waals surface area contributed by atoms with Gasteiger partial charge >= 0.3 is 0 Å². The quantitative estimate of drug-likeness (QED) is 0.699. The van der Waals surface area contributed by atoms with E-state index in [2.05, 4.69) is 71.6 Å². The molecule has 1 nitrogen and oxygen atoms in total. The minimum atomic E-state index is 0.449. The highest BCUT2D eigenvalue weighted by Gasteiger charge is 2.13. The highest BCUT2D eigenvalue weighted by Crippen LogP contribution is 2.32. The minimum absolute atomic E-state index is 0.449. The van der Waals surface area contributed by atoms with Gasteiger partial charge < -0.3 is 5.32 Å². The van der Waals surface area contributed by atoms with E-state index in [0.717, 1.165) is 0 Å². The maximum atomic E-state index is 3.65. The van der Waals surface area contributed by atoms with E-state index < -0.39 is 0 Å². The SMILES string of the molecule is CCCCCC(NC)c1ccc(Br)c2ccccc12. The lowest BCUT2D eigenvalue weighted by atomic mass is 9.95. The summed E-state index contributed by atoms with van der Waals surface area (Å²) in [4.78, 5) is 0. The van der Waals surface area contributed by atoms with Crippen LogP contribution in [0.5, 0.6) is 0 Å². The van der Waals surface area contributed by atoms with E-state index in [4.69, 9.17) is 0 Å². The Balaban J connectivity index is 2.34. The molecule has 1 N–H and O–H groups in total. The molecule has 0 aliphatic heterocycles. The second kappa shape index (κ2) is 7.06. The summed E-state index contributed by atoms with van der Waals surface area (Å²) in [6, 6.07) is 13.5. The zero-order valence-corrected chi connectivity index (χ0v) is 13.3. The van der Waals surface area contributed by atoms with E-state index in [0.29, 0.717) is 6.04 Å². The fourth-order valence-corrected chi connectivity index (χ4v) is 3.12. The highest BCUT2D eigenvalue weighted by atomic mass is 79.9. The van der Waals surface area contributed by atoms with Crippen LogP contribution in [-0.4, -0.2) is 7.05 Å². The molecule has 0 spiro atoms. The monoisotopic (exact) mass is 319 g/mol. The summed E-state index contributed by atoms with van der Waals surface area (Å²) in [7, 11) is 2.06. The normalized spacial score (nSPS) is 12.8. The molecule has 0 fully saturated rings. The number of hydrogen-bond acceptors (Lipinski definition) is 1. The second-order valence-corrected chi connectivity index (χ2v) is 5.87. The molecule has 19 heavy (non-hydrogen) atoms. The molecule has 0 aromatic heterocycles. The van der Waals surface area contributed by atoms with Crippen molar-refractivity contribution in [1.29, 1.82) is 0 Å². The van der Waals surface area contributed by atoms with Gasteiger partial charge in [-0.3, -0.25) is 0 Å². The molecule has 0 amide bonds. The van der Waals surface area contributed by atoms with Gasteiger partial charge in [-0.25, -0.2) is 0 Å². The van der Waals surface area contributed by atoms with Crippen molar-refractivity contribution >= 4 is 26.7 Å². The van der Waals surface area contributed by atoms with Crippen LogP contribution in [0.3, 0.4) is 0 Å². The van der Waals surface area contributed by atoms with Gasteiger partial charge in [-0.2, -0.15) is 0 Å². The van der Waals surface area contributed by atoms with Crippen molar-refractivity contribution in [3.63, 3.8) is 0 Å². The van der Waals surface area contributed by atoms with Crippen molar-refractivity contribution in [2.45, 2.75) is 38.6 Å². The predicted octanol–water partition coefficient (Wildman–Crippen LogP) is 5.44. The van der Waals surface area contributed by atoms with Crippen LogP contribution in [0.1, 0.15) is 44.2 Å². The molecule has 102 valence electrons. The fourth-order valence-electron chi connectivity index (χ4n) is 2.64. The summed E-state index contributed by atoms with van der Waals surface area (Å²) in [6.45, 7) is 2.25. The average Bonchev–Trinajstić information content (AvgIpc) is 2.45. The number of unbranched alkanes of at least 4 members (excludes halogenated alkanes) is 2. The average molecular weight is 320 g/mol. The Hall–Kier alpha value is -0.860. The molecule has 0 heterocycles. The number of hydrogen-bond donors (Lipinski definition) is 1. The van der Waals surface area contributed by atoms with Gasteiger partial charge in [-0.1, -0.05) is 72.4 Å². The number of rotatable bonds is 6. The van der Waals surface area contributed by atoms with Crippen LogP contribution in [0.4, 0.5) is 0 Å². The van der Waals surface area contributed by atoms with Crippen molar-refractivity contribution in [3.05, 3.63) is 46.4 Å².